The summed E-state index contributed by atoms with van der Waals surface area (Å²) in [5, 5.41) is 14.8. The number of halogens is 3. The Kier molecular flexibility index (Phi) is 6.90. The molecule has 5 rings (SSSR count). The number of amidine groups is 1. The highest BCUT2D eigenvalue weighted by molar-refractivity contribution is 7.11. The Bertz CT molecular complexity index is 1320. The molecule has 38 heavy (non-hydrogen) atoms. The maximum atomic E-state index is 15.0. The number of carbonyl (C=O) groups excluding carboxylic acids is 1. The molecular formula is C25H26F3N5O4S. The molecule has 9 nitrogen and oxygen atoms in total. The molecule has 4 heterocycles. The minimum atomic E-state index is -3.11. The van der Waals surface area contributed by atoms with Crippen LogP contribution in [0, 0.1) is 18.7 Å². The molecule has 1 amide bonds. The van der Waals surface area contributed by atoms with E-state index in [2.05, 4.69) is 10.3 Å². The zero-order chi connectivity index (χ0) is 27.2. The van der Waals surface area contributed by atoms with Gasteiger partial charge >= 0.3 is 12.1 Å². The number of carboxylic acid groups (broad SMARTS) is 1. The van der Waals surface area contributed by atoms with Crippen molar-refractivity contribution in [3.8, 4) is 0 Å². The number of alkyl halides is 2. The predicted molar refractivity (Wildman–Crippen MR) is 133 cm³/mol. The number of aromatic nitrogens is 1. The normalized spacial score (nSPS) is 24.7. The van der Waals surface area contributed by atoms with Gasteiger partial charge in [-0.05, 0) is 31.0 Å². The quantitative estimate of drug-likeness (QED) is 0.532. The Morgan fingerprint density at radius 1 is 1.32 bits per heavy atom. The Morgan fingerprint density at radius 2 is 2.11 bits per heavy atom. The number of nitrogens with zero attached hydrogens (tertiary/aromatic N) is 4. The number of likely N-dealkylation sites (tertiary alicyclic amines) is 2. The lowest BCUT2D eigenvalue weighted by molar-refractivity contribution is -0.139. The summed E-state index contributed by atoms with van der Waals surface area (Å²) in [7, 11) is 0. The molecule has 0 aliphatic carbocycles. The lowest BCUT2D eigenvalue weighted by Crippen LogP contribution is -2.43. The van der Waals surface area contributed by atoms with Gasteiger partial charge in [0, 0.05) is 43.0 Å². The van der Waals surface area contributed by atoms with Gasteiger partial charge in [-0.25, -0.2) is 27.7 Å². The Hall–Kier alpha value is -3.45. The predicted octanol–water partition coefficient (Wildman–Crippen LogP) is 3.43. The maximum absolute atomic E-state index is 15.0. The van der Waals surface area contributed by atoms with Gasteiger partial charge in [-0.15, -0.1) is 11.3 Å². The minimum Gasteiger partial charge on any atom is -0.465 e. The molecule has 0 spiro atoms. The fraction of sp³-hybridized carbons (Fsp3) is 0.440. The summed E-state index contributed by atoms with van der Waals surface area (Å²) in [6, 6.07) is 2.77. The van der Waals surface area contributed by atoms with Gasteiger partial charge in [0.05, 0.1) is 24.6 Å². The number of esters is 1. The van der Waals surface area contributed by atoms with E-state index in [-0.39, 0.29) is 37.5 Å². The molecule has 202 valence electrons. The van der Waals surface area contributed by atoms with Crippen LogP contribution in [0.1, 0.15) is 29.1 Å². The molecule has 1 aromatic heterocycles. The van der Waals surface area contributed by atoms with E-state index in [4.69, 9.17) is 9.73 Å². The summed E-state index contributed by atoms with van der Waals surface area (Å²) in [5.74, 6) is -5.14. The lowest BCUT2D eigenvalue weighted by atomic mass is 9.92. The number of rotatable bonds is 6. The van der Waals surface area contributed by atoms with Crippen LogP contribution in [0.3, 0.4) is 0 Å². The van der Waals surface area contributed by atoms with Crippen molar-refractivity contribution < 1.29 is 32.6 Å². The van der Waals surface area contributed by atoms with Gasteiger partial charge in [0.25, 0.3) is 5.92 Å². The van der Waals surface area contributed by atoms with E-state index in [9.17, 15) is 27.9 Å². The van der Waals surface area contributed by atoms with Crippen molar-refractivity contribution in [3.63, 3.8) is 0 Å². The van der Waals surface area contributed by atoms with Crippen LogP contribution in [-0.4, -0.2) is 82.5 Å². The third-order valence-electron chi connectivity index (χ3n) is 7.21. The summed E-state index contributed by atoms with van der Waals surface area (Å²) >= 11 is 1.29. The number of thiazole rings is 1. The standard InChI is InChI=1S/C25H26F3N5O4S/c1-3-37-23(34)19-17(10-33-12-25(27,28)15-9-32(24(35)36)11-18(15)33)30-21(22-29-7-8-38-22)31-20(19)14-5-4-6-16(26)13(14)2/h4-8,15,18,20H,3,9-12H2,1-2H3,(H,30,31)(H,35,36). The average Bonchev–Trinajstić information content (AvgIpc) is 3.60. The van der Waals surface area contributed by atoms with Gasteiger partial charge in [0.15, 0.2) is 10.8 Å². The highest BCUT2D eigenvalue weighted by Gasteiger charge is 2.59. The lowest BCUT2D eigenvalue weighted by Gasteiger charge is -2.31. The highest BCUT2D eigenvalue weighted by Crippen LogP contribution is 2.43. The number of fused-ring (bicyclic) bond motifs is 1. The number of benzene rings is 1. The summed E-state index contributed by atoms with van der Waals surface area (Å²) in [4.78, 5) is 36.3. The number of ether oxygens (including phenoxy) is 1. The number of nitrogens with one attached hydrogen (secondary N) is 1. The van der Waals surface area contributed by atoms with Gasteiger partial charge < -0.3 is 20.1 Å². The molecule has 13 heteroatoms. The summed E-state index contributed by atoms with van der Waals surface area (Å²) in [5.41, 5.74) is 1.09. The van der Waals surface area contributed by atoms with Crippen LogP contribution in [0.25, 0.3) is 0 Å². The Morgan fingerprint density at radius 3 is 2.79 bits per heavy atom. The summed E-state index contributed by atoms with van der Waals surface area (Å²) in [6.07, 6.45) is 0.332. The van der Waals surface area contributed by atoms with Crippen molar-refractivity contribution in [1.82, 2.24) is 20.1 Å². The Balaban J connectivity index is 1.60. The number of hydrogen-bond donors (Lipinski definition) is 2. The first kappa shape index (κ1) is 26.2. The van der Waals surface area contributed by atoms with Crippen molar-refractivity contribution in [2.75, 3.05) is 32.8 Å². The molecule has 2 fully saturated rings. The van der Waals surface area contributed by atoms with Gasteiger partial charge in [-0.3, -0.25) is 9.89 Å². The zero-order valence-electron chi connectivity index (χ0n) is 20.7. The van der Waals surface area contributed by atoms with E-state index >= 15 is 0 Å². The first-order valence-corrected chi connectivity index (χ1v) is 13.0. The molecule has 2 aromatic rings. The van der Waals surface area contributed by atoms with E-state index in [0.29, 0.717) is 22.0 Å². The largest absolute Gasteiger partial charge is 0.465 e. The minimum absolute atomic E-state index is 0.0631. The van der Waals surface area contributed by atoms with E-state index in [1.807, 2.05) is 0 Å². The second kappa shape index (κ2) is 10.0. The molecule has 3 unspecified atom stereocenters. The molecule has 3 aliphatic heterocycles. The number of hydrogen-bond acceptors (Lipinski definition) is 8. The van der Waals surface area contributed by atoms with E-state index in [1.165, 1.54) is 28.4 Å². The molecule has 0 saturated carbocycles. The van der Waals surface area contributed by atoms with Crippen molar-refractivity contribution in [2.45, 2.75) is 31.9 Å². The van der Waals surface area contributed by atoms with Crippen LogP contribution in [0.4, 0.5) is 18.0 Å². The van der Waals surface area contributed by atoms with Crippen LogP contribution in [0.5, 0.6) is 0 Å². The fourth-order valence-corrected chi connectivity index (χ4v) is 5.96. The third-order valence-corrected chi connectivity index (χ3v) is 7.99. The van der Waals surface area contributed by atoms with E-state index < -0.39 is 48.3 Å². The van der Waals surface area contributed by atoms with Crippen molar-refractivity contribution in [2.24, 2.45) is 10.9 Å². The summed E-state index contributed by atoms with van der Waals surface area (Å²) < 4.78 is 49.9. The number of amides is 1. The van der Waals surface area contributed by atoms with Gasteiger partial charge in [-0.2, -0.15) is 0 Å². The molecule has 2 saturated heterocycles. The van der Waals surface area contributed by atoms with Gasteiger partial charge in [-0.1, -0.05) is 12.1 Å². The van der Waals surface area contributed by atoms with Crippen molar-refractivity contribution >= 4 is 29.2 Å². The molecular weight excluding hydrogens is 523 g/mol. The number of aliphatic imine (C=N–C) groups is 1. The SMILES string of the molecule is CCOC(=O)C1=C(CN2CC(F)(F)C3CN(C(=O)O)CC32)NC(c2nccs2)=NC1c1cccc(F)c1C. The first-order valence-electron chi connectivity index (χ1n) is 12.1. The third kappa shape index (κ3) is 4.64. The zero-order valence-corrected chi connectivity index (χ0v) is 21.5. The van der Waals surface area contributed by atoms with Crippen LogP contribution < -0.4 is 5.32 Å². The van der Waals surface area contributed by atoms with Crippen molar-refractivity contribution in [1.29, 1.82) is 0 Å². The van der Waals surface area contributed by atoms with E-state index in [1.54, 1.807) is 31.5 Å². The fourth-order valence-electron chi connectivity index (χ4n) is 5.37. The van der Waals surface area contributed by atoms with Gasteiger partial charge in [0.1, 0.15) is 11.9 Å². The average molecular weight is 550 g/mol. The molecule has 0 radical (unpaired) electrons. The second-order valence-electron chi connectivity index (χ2n) is 9.44. The van der Waals surface area contributed by atoms with Crippen molar-refractivity contribution in [3.05, 3.63) is 63.0 Å². The first-order chi connectivity index (χ1) is 18.1. The van der Waals surface area contributed by atoms with Crippen LogP contribution in [-0.2, 0) is 9.53 Å². The molecule has 1 aromatic carbocycles. The highest BCUT2D eigenvalue weighted by atomic mass is 32.1. The number of carbonyl (C=O) groups is 2. The van der Waals surface area contributed by atoms with Gasteiger partial charge in [0.2, 0.25) is 0 Å². The van der Waals surface area contributed by atoms with E-state index in [0.717, 1.165) is 4.90 Å². The second-order valence-corrected chi connectivity index (χ2v) is 10.3. The Labute approximate surface area is 220 Å². The molecule has 0 bridgehead atoms. The molecule has 2 N–H and O–H groups in total. The monoisotopic (exact) mass is 549 g/mol. The smallest absolute Gasteiger partial charge is 0.407 e. The molecule has 3 aliphatic rings. The van der Waals surface area contributed by atoms with Crippen LogP contribution >= 0.6 is 11.3 Å². The topological polar surface area (TPSA) is 107 Å². The van der Waals surface area contributed by atoms with Crippen LogP contribution in [0.2, 0.25) is 0 Å². The molecule has 3 atom stereocenters. The maximum Gasteiger partial charge on any atom is 0.407 e. The van der Waals surface area contributed by atoms with Crippen LogP contribution in [0.15, 0.2) is 46.0 Å². The summed E-state index contributed by atoms with van der Waals surface area (Å²) in [6.45, 7) is 2.24.